The fourth-order valence-corrected chi connectivity index (χ4v) is 8.69. The number of rotatable bonds is 4. The third-order valence-electron chi connectivity index (χ3n) is 11.1. The van der Waals surface area contributed by atoms with Gasteiger partial charge in [-0.25, -0.2) is 19.9 Å². The van der Waals surface area contributed by atoms with Crippen LogP contribution in [0.1, 0.15) is 0 Å². The first kappa shape index (κ1) is 30.7. The Kier molecular flexibility index (Phi) is 6.53. The maximum absolute atomic E-state index is 5.52. The molecule has 0 aliphatic carbocycles. The maximum Gasteiger partial charge on any atom is 0.236 e. The van der Waals surface area contributed by atoms with Gasteiger partial charge in [-0.2, -0.15) is 0 Å². The fraction of sp³-hybridized carbons (Fsp3) is 0. The van der Waals surface area contributed by atoms with E-state index in [2.05, 4.69) is 137 Å². The van der Waals surface area contributed by atoms with Crippen molar-refractivity contribution in [3.05, 3.63) is 182 Å². The lowest BCUT2D eigenvalue weighted by molar-refractivity contribution is 1.01. The number of para-hydroxylation sites is 1. The van der Waals surface area contributed by atoms with Gasteiger partial charge in [0.2, 0.25) is 5.95 Å². The SMILES string of the molecule is c1ccc(-c2ncc3nc(-n4c5c6ccccc6ccc5c5ccc6c7ccc8ccccc8c7n(-c7ccccc7)c6c54)nc(-c4ccccc4)c3n2)cc1. The molecule has 0 bridgehead atoms. The van der Waals surface area contributed by atoms with E-state index >= 15 is 0 Å². The first-order chi connectivity index (χ1) is 27.8. The third-order valence-corrected chi connectivity index (χ3v) is 11.1. The van der Waals surface area contributed by atoms with Gasteiger partial charge in [-0.05, 0) is 22.9 Å². The van der Waals surface area contributed by atoms with E-state index < -0.39 is 0 Å². The summed E-state index contributed by atoms with van der Waals surface area (Å²) < 4.78 is 4.74. The standard InChI is InChI=1S/C50H30N6/c1-4-16-33(17-5-1)43-44-42(30-51-49(53-44)34-18-6-2-7-19-34)52-50(54-43)56-46-37-23-13-11-15-32(37)25-27-39(46)41-29-28-40-38-26-24-31-14-10-12-22-36(31)45(38)55(47(40)48(41)56)35-20-8-3-9-21-35/h1-30H. The molecule has 0 saturated carbocycles. The molecule has 0 radical (unpaired) electrons. The number of aromatic nitrogens is 6. The highest BCUT2D eigenvalue weighted by molar-refractivity contribution is 6.29. The number of hydrogen-bond acceptors (Lipinski definition) is 4. The summed E-state index contributed by atoms with van der Waals surface area (Å²) in [6.45, 7) is 0. The van der Waals surface area contributed by atoms with Crippen LogP contribution in [0.2, 0.25) is 0 Å². The quantitative estimate of drug-likeness (QED) is 0.182. The Labute approximate surface area is 320 Å². The molecule has 0 aliphatic heterocycles. The molecule has 0 atom stereocenters. The Morgan fingerprint density at radius 2 is 0.857 bits per heavy atom. The van der Waals surface area contributed by atoms with Crippen LogP contribution in [0.5, 0.6) is 0 Å². The van der Waals surface area contributed by atoms with Crippen LogP contribution in [0, 0.1) is 0 Å². The topological polar surface area (TPSA) is 61.4 Å². The number of nitrogens with zero attached hydrogens (tertiary/aromatic N) is 6. The summed E-state index contributed by atoms with van der Waals surface area (Å²) in [7, 11) is 0. The smallest absolute Gasteiger partial charge is 0.236 e. The summed E-state index contributed by atoms with van der Waals surface area (Å²) in [5.41, 5.74) is 9.48. The molecule has 6 nitrogen and oxygen atoms in total. The fourth-order valence-electron chi connectivity index (χ4n) is 8.69. The number of hydrogen-bond donors (Lipinski definition) is 0. The van der Waals surface area contributed by atoms with Gasteiger partial charge in [0.1, 0.15) is 16.7 Å². The summed E-state index contributed by atoms with van der Waals surface area (Å²) in [6.07, 6.45) is 1.84. The van der Waals surface area contributed by atoms with Crippen LogP contribution in [0.3, 0.4) is 0 Å². The van der Waals surface area contributed by atoms with Crippen LogP contribution in [0.25, 0.3) is 110 Å². The molecule has 0 amide bonds. The van der Waals surface area contributed by atoms with Crippen molar-refractivity contribution in [3.8, 4) is 34.3 Å². The minimum Gasteiger partial charge on any atom is -0.307 e. The van der Waals surface area contributed by atoms with Gasteiger partial charge in [-0.1, -0.05) is 164 Å². The average molecular weight is 715 g/mol. The highest BCUT2D eigenvalue weighted by atomic mass is 15.2. The highest BCUT2D eigenvalue weighted by Crippen LogP contribution is 2.45. The van der Waals surface area contributed by atoms with Gasteiger partial charge in [0.25, 0.3) is 0 Å². The molecule has 6 heteroatoms. The zero-order valence-corrected chi connectivity index (χ0v) is 30.0. The zero-order chi connectivity index (χ0) is 36.7. The Balaban J connectivity index is 1.30. The molecular formula is C50H30N6. The Bertz CT molecular complexity index is 3520. The van der Waals surface area contributed by atoms with Gasteiger partial charge >= 0.3 is 0 Å². The summed E-state index contributed by atoms with van der Waals surface area (Å²) in [5, 5.41) is 9.29. The van der Waals surface area contributed by atoms with Crippen LogP contribution in [0.15, 0.2) is 182 Å². The first-order valence-electron chi connectivity index (χ1n) is 18.8. The predicted molar refractivity (Wildman–Crippen MR) is 230 cm³/mol. The molecule has 12 rings (SSSR count). The molecule has 0 fully saturated rings. The molecule has 4 heterocycles. The lowest BCUT2D eigenvalue weighted by atomic mass is 10.0. The lowest BCUT2D eigenvalue weighted by Crippen LogP contribution is -2.06. The predicted octanol–water partition coefficient (Wildman–Crippen LogP) is 12.3. The second-order valence-corrected chi connectivity index (χ2v) is 14.3. The van der Waals surface area contributed by atoms with Crippen molar-refractivity contribution in [3.63, 3.8) is 0 Å². The van der Waals surface area contributed by atoms with E-state index in [0.717, 1.165) is 66.0 Å². The van der Waals surface area contributed by atoms with E-state index in [1.165, 1.54) is 21.7 Å². The van der Waals surface area contributed by atoms with Crippen molar-refractivity contribution in [2.75, 3.05) is 0 Å². The molecule has 0 unspecified atom stereocenters. The second kappa shape index (κ2) is 11.9. The van der Waals surface area contributed by atoms with Crippen LogP contribution in [-0.2, 0) is 0 Å². The van der Waals surface area contributed by atoms with Crippen LogP contribution >= 0.6 is 0 Å². The summed E-state index contributed by atoms with van der Waals surface area (Å²) in [4.78, 5) is 20.9. The van der Waals surface area contributed by atoms with Crippen molar-refractivity contribution in [1.82, 2.24) is 29.1 Å². The molecule has 4 aromatic heterocycles. The van der Waals surface area contributed by atoms with E-state index in [9.17, 15) is 0 Å². The Morgan fingerprint density at radius 3 is 1.50 bits per heavy atom. The number of benzene rings is 8. The van der Waals surface area contributed by atoms with Crippen LogP contribution < -0.4 is 0 Å². The normalized spacial score (nSPS) is 11.9. The van der Waals surface area contributed by atoms with Gasteiger partial charge < -0.3 is 4.57 Å². The molecule has 12 aromatic rings. The van der Waals surface area contributed by atoms with Crippen molar-refractivity contribution >= 4 is 76.2 Å². The molecule has 56 heavy (non-hydrogen) atoms. The van der Waals surface area contributed by atoms with E-state index in [4.69, 9.17) is 19.9 Å². The van der Waals surface area contributed by atoms with Crippen molar-refractivity contribution in [2.45, 2.75) is 0 Å². The molecule has 0 aliphatic rings. The van der Waals surface area contributed by atoms with Gasteiger partial charge in [0.05, 0.1) is 28.3 Å². The summed E-state index contributed by atoms with van der Waals surface area (Å²) >= 11 is 0. The largest absolute Gasteiger partial charge is 0.307 e. The van der Waals surface area contributed by atoms with Crippen molar-refractivity contribution < 1.29 is 0 Å². The van der Waals surface area contributed by atoms with Crippen molar-refractivity contribution in [1.29, 1.82) is 0 Å². The Hall–Kier alpha value is -7.70. The van der Waals surface area contributed by atoms with E-state index in [-0.39, 0.29) is 0 Å². The summed E-state index contributed by atoms with van der Waals surface area (Å²) in [5.74, 6) is 1.20. The highest BCUT2D eigenvalue weighted by Gasteiger charge is 2.25. The van der Waals surface area contributed by atoms with E-state index in [1.807, 2.05) is 54.7 Å². The van der Waals surface area contributed by atoms with Crippen LogP contribution in [0.4, 0.5) is 0 Å². The molecule has 8 aromatic carbocycles. The van der Waals surface area contributed by atoms with E-state index in [1.54, 1.807) is 0 Å². The minimum absolute atomic E-state index is 0.561. The first-order valence-corrected chi connectivity index (χ1v) is 18.8. The monoisotopic (exact) mass is 714 g/mol. The van der Waals surface area contributed by atoms with Gasteiger partial charge in [0, 0.05) is 49.1 Å². The molecule has 0 N–H and O–H groups in total. The van der Waals surface area contributed by atoms with E-state index in [0.29, 0.717) is 22.8 Å². The van der Waals surface area contributed by atoms with Crippen molar-refractivity contribution in [2.24, 2.45) is 0 Å². The van der Waals surface area contributed by atoms with Crippen LogP contribution in [-0.4, -0.2) is 29.1 Å². The average Bonchev–Trinajstić information content (AvgIpc) is 3.80. The second-order valence-electron chi connectivity index (χ2n) is 14.3. The third kappa shape index (κ3) is 4.44. The molecule has 260 valence electrons. The van der Waals surface area contributed by atoms with Gasteiger partial charge in [-0.15, -0.1) is 0 Å². The molecule has 0 spiro atoms. The summed E-state index contributed by atoms with van der Waals surface area (Å²) in [6, 6.07) is 61.9. The zero-order valence-electron chi connectivity index (χ0n) is 30.0. The van der Waals surface area contributed by atoms with Gasteiger partial charge in [-0.3, -0.25) is 4.57 Å². The number of fused-ring (bicyclic) bond motifs is 12. The Morgan fingerprint density at radius 1 is 0.357 bits per heavy atom. The molecule has 0 saturated heterocycles. The maximum atomic E-state index is 5.52. The molecular weight excluding hydrogens is 685 g/mol. The minimum atomic E-state index is 0.561. The lowest BCUT2D eigenvalue weighted by Gasteiger charge is -2.14. The van der Waals surface area contributed by atoms with Gasteiger partial charge in [0.15, 0.2) is 5.82 Å².